The zero-order chi connectivity index (χ0) is 100. The molecule has 4 aliphatic carbocycles. The van der Waals surface area contributed by atoms with Crippen molar-refractivity contribution in [3.05, 3.63) is 0 Å². The monoisotopic (exact) mass is 2020 g/mol. The quantitative estimate of drug-likeness (QED) is 0.105. The molecule has 25 rings (SSSR count). The maximum atomic E-state index is 12.2. The zero-order valence-corrected chi connectivity index (χ0v) is 87.2. The molecular weight excluding hydrogens is 1850 g/mol. The van der Waals surface area contributed by atoms with Crippen molar-refractivity contribution in [1.29, 1.82) is 0 Å². The number of rotatable bonds is 11. The summed E-state index contributed by atoms with van der Waals surface area (Å²) in [6.45, 7) is 34.3. The number of carbonyl (C=O) groups is 12. The van der Waals surface area contributed by atoms with E-state index in [2.05, 4.69) is 61.3 Å². The second-order valence-corrected chi connectivity index (χ2v) is 48.2. The lowest BCUT2D eigenvalue weighted by Crippen LogP contribution is -2.66. The van der Waals surface area contributed by atoms with E-state index in [1.54, 1.807) is 0 Å². The number of ether oxygens (including phenoxy) is 8. The number of fused-ring (bicyclic) bond motifs is 12. The van der Waals surface area contributed by atoms with E-state index < -0.39 is 0 Å². The molecule has 6 N–H and O–H groups in total. The molecule has 17 atom stereocenters. The predicted octanol–water partition coefficient (Wildman–Crippen LogP) is 9.53. The molecule has 25 fully saturated rings. The Bertz CT molecular complexity index is 4320. The average Bonchev–Trinajstić information content (AvgIpc) is 0.965. The van der Waals surface area contributed by atoms with Gasteiger partial charge in [0.2, 0.25) is 23.6 Å². The molecule has 21 aliphatic heterocycles. The van der Waals surface area contributed by atoms with Gasteiger partial charge in [-0.2, -0.15) is 0 Å². The Hall–Kier alpha value is -8.20. The van der Waals surface area contributed by atoms with E-state index >= 15 is 0 Å². The number of alkyl carbamates (subject to hydrolysis) is 2. The lowest BCUT2D eigenvalue weighted by Gasteiger charge is -2.58. The number of piperidine rings is 9. The van der Waals surface area contributed by atoms with Gasteiger partial charge in [0.05, 0.1) is 53.2 Å². The van der Waals surface area contributed by atoms with Gasteiger partial charge in [0.15, 0.2) is 0 Å². The first kappa shape index (κ1) is 104. The number of hydrogen-bond donors (Lipinski definition) is 6. The van der Waals surface area contributed by atoms with Gasteiger partial charge < -0.3 is 114 Å². The topological polar surface area (TPSA) is 390 Å². The lowest BCUT2D eigenvalue weighted by molar-refractivity contribution is -0.121. The van der Waals surface area contributed by atoms with Gasteiger partial charge in [-0.3, -0.25) is 33.9 Å². The van der Waals surface area contributed by atoms with Crippen molar-refractivity contribution in [3.63, 3.8) is 0 Å². The highest BCUT2D eigenvalue weighted by Crippen LogP contribution is 2.52. The fraction of sp³-hybridized carbons (Fsp3) is 0.887. The molecule has 12 bridgehead atoms. The molecular formula is C106H170N18O20. The van der Waals surface area contributed by atoms with E-state index in [4.69, 9.17) is 37.9 Å². The average molecular weight is 2020 g/mol. The molecule has 0 aromatic carbocycles. The van der Waals surface area contributed by atoms with Crippen LogP contribution in [0.1, 0.15) is 259 Å². The van der Waals surface area contributed by atoms with Gasteiger partial charge in [-0.1, -0.05) is 0 Å². The first-order valence-electron chi connectivity index (χ1n) is 56.5. The van der Waals surface area contributed by atoms with E-state index in [0.717, 1.165) is 317 Å². The summed E-state index contributed by atoms with van der Waals surface area (Å²) < 4.78 is 42.1. The molecule has 4 saturated carbocycles. The molecule has 0 radical (unpaired) electrons. The fourth-order valence-electron chi connectivity index (χ4n) is 32.0. The van der Waals surface area contributed by atoms with Crippen molar-refractivity contribution in [2.45, 2.75) is 343 Å². The molecule has 17 unspecified atom stereocenters. The minimum absolute atomic E-state index is 0.112. The smallest absolute Gasteiger partial charge is 0.410 e. The second kappa shape index (κ2) is 44.9. The number of likely N-dealkylation sites (tertiary alicyclic amines) is 9. The molecule has 804 valence electrons. The van der Waals surface area contributed by atoms with Crippen molar-refractivity contribution in [2.75, 3.05) is 197 Å². The van der Waals surface area contributed by atoms with E-state index in [1.165, 1.54) is 39.2 Å². The van der Waals surface area contributed by atoms with Crippen LogP contribution < -0.4 is 31.9 Å². The van der Waals surface area contributed by atoms with Crippen LogP contribution in [0, 0.1) is 57.2 Å². The zero-order valence-electron chi connectivity index (χ0n) is 87.2. The molecule has 21 heterocycles. The van der Waals surface area contributed by atoms with Gasteiger partial charge in [0.25, 0.3) is 0 Å². The lowest BCUT2D eigenvalue weighted by atomic mass is 9.64. The van der Waals surface area contributed by atoms with E-state index in [0.29, 0.717) is 173 Å². The molecule has 144 heavy (non-hydrogen) atoms. The van der Waals surface area contributed by atoms with Gasteiger partial charge in [-0.15, -0.1) is 0 Å². The summed E-state index contributed by atoms with van der Waals surface area (Å²) >= 11 is 0. The van der Waals surface area contributed by atoms with Crippen LogP contribution in [0.5, 0.6) is 0 Å². The minimum Gasteiger partial charge on any atom is -0.453 e. The fourth-order valence-corrected chi connectivity index (χ4v) is 32.0. The number of amides is 12. The van der Waals surface area contributed by atoms with E-state index in [-0.39, 0.29) is 105 Å². The van der Waals surface area contributed by atoms with Crippen molar-refractivity contribution in [1.82, 2.24) is 90.7 Å². The molecule has 12 amide bonds. The number of hydrogen-bond acceptors (Lipinski definition) is 26. The summed E-state index contributed by atoms with van der Waals surface area (Å²) in [5.41, 5.74) is 0.298. The highest BCUT2D eigenvalue weighted by molar-refractivity contribution is 5.81. The Morgan fingerprint density at radius 2 is 0.625 bits per heavy atom. The van der Waals surface area contributed by atoms with Crippen LogP contribution >= 0.6 is 0 Å². The Morgan fingerprint density at radius 1 is 0.299 bits per heavy atom. The van der Waals surface area contributed by atoms with Gasteiger partial charge in [-0.05, 0) is 330 Å². The van der Waals surface area contributed by atoms with Crippen molar-refractivity contribution in [3.8, 4) is 0 Å². The third-order valence-electron chi connectivity index (χ3n) is 39.6. The Labute approximate surface area is 851 Å². The van der Waals surface area contributed by atoms with Crippen molar-refractivity contribution in [2.24, 2.45) is 57.2 Å². The largest absolute Gasteiger partial charge is 0.453 e. The normalized spacial score (nSPS) is 36.6. The highest BCUT2D eigenvalue weighted by Gasteiger charge is 2.58. The summed E-state index contributed by atoms with van der Waals surface area (Å²) in [6, 6.07) is 5.55. The van der Waals surface area contributed by atoms with E-state index in [1.807, 2.05) is 64.0 Å². The third-order valence-corrected chi connectivity index (χ3v) is 39.6. The predicted molar refractivity (Wildman–Crippen MR) is 531 cm³/mol. The van der Waals surface area contributed by atoms with Gasteiger partial charge >= 0.3 is 48.7 Å². The number of nitrogens with zero attached hydrogens (tertiary/aromatic N) is 12. The summed E-state index contributed by atoms with van der Waals surface area (Å²) in [7, 11) is 1.47. The van der Waals surface area contributed by atoms with Crippen LogP contribution in [0.15, 0.2) is 0 Å². The molecule has 0 aromatic heterocycles. The maximum absolute atomic E-state index is 12.2. The third kappa shape index (κ3) is 23.2. The Balaban J connectivity index is 0.000000109. The molecule has 38 heteroatoms. The summed E-state index contributed by atoms with van der Waals surface area (Å²) in [5, 5.41) is 17.7. The van der Waals surface area contributed by atoms with Crippen LogP contribution in [0.3, 0.4) is 0 Å². The van der Waals surface area contributed by atoms with Crippen LogP contribution in [0.25, 0.3) is 0 Å². The van der Waals surface area contributed by atoms with Crippen molar-refractivity contribution >= 4 is 72.4 Å². The first-order chi connectivity index (χ1) is 69.6. The Kier molecular flexibility index (Phi) is 32.5. The molecule has 25 aliphatic rings. The highest BCUT2D eigenvalue weighted by atomic mass is 16.6. The van der Waals surface area contributed by atoms with Gasteiger partial charge in [0, 0.05) is 203 Å². The van der Waals surface area contributed by atoms with Crippen LogP contribution in [0.2, 0.25) is 0 Å². The van der Waals surface area contributed by atoms with E-state index in [9.17, 15) is 57.5 Å². The van der Waals surface area contributed by atoms with Crippen LogP contribution in [0.4, 0.5) is 38.4 Å². The summed E-state index contributed by atoms with van der Waals surface area (Å²) in [4.78, 5) is 169. The summed E-state index contributed by atoms with van der Waals surface area (Å²) in [6.07, 6.45) is 35.6. The number of methoxy groups -OCH3 is 1. The van der Waals surface area contributed by atoms with Crippen molar-refractivity contribution < 1.29 is 95.4 Å². The van der Waals surface area contributed by atoms with Crippen LogP contribution in [-0.2, 0) is 57.1 Å². The molecule has 38 nitrogen and oxygen atoms in total. The molecule has 21 saturated heterocycles. The molecule has 0 aromatic rings. The SMILES string of the molecule is CCOC(=O)N1C2CCC1CC(N1CCCC3(CC1)CNC(=O)C3)C2.CCOC(=O)N1C2CCC1CC(N1CCCC3(CC1)CNC(=O)O3)C2.CCOC(=O)N1CC2CC(C1)C2N1CCC2(CC1)CNC(=O)C2.CCOC(=O)N1CC2CC(N3CCC4(CC3)CNC(=O)C4)CC1C2.CCOC(=O)N1CC2CC(N3CCC4(CC3)CNC(=O)O4)CC1C2.COC(=O)N1CC2CC(C1)C(N1CCC3(CC1)CNC(=O)C3)C2. The number of carbonyl (C=O) groups excluding carboxylic acids is 12. The maximum Gasteiger partial charge on any atom is 0.410 e. The van der Waals surface area contributed by atoms with Gasteiger partial charge in [0.1, 0.15) is 11.2 Å². The second-order valence-electron chi connectivity index (χ2n) is 48.2. The minimum atomic E-state index is -0.295. The summed E-state index contributed by atoms with van der Waals surface area (Å²) in [5.74, 6) is 4.56. The molecule has 6 spiro atoms. The standard InChI is InChI=1S/C19H31N3O3.C18H29N3O4.C18H29N3O3.C17H27N3O4.2C17H27N3O3/c1-2-25-18(24)22-14-4-5-15(22)11-16(10-14)21-8-3-6-19(7-9-21)12-17(23)20-13-19;1-2-24-17(23)21-13-4-5-14(21)11-15(10-13)20-8-3-6-18(7-9-20)12-19-16(22)25-18;1-2-24-17(23)21-11-13-7-14(9-15(21)8-13)20-5-3-18(4-6-20)10-16(22)19-12-18;1-2-23-16(22)20-10-12-7-13(9-14(20)8-12)19-5-3-17(4-6-19)11-18-15(21)24-17;1-23-16(22)20-9-12-6-13(10-20)14(7-12)19-4-2-17(3-5-19)8-15(21)18-11-17;1-2-23-16(22)20-9-12-7-13(10-20)15(12)19-5-3-17(4-6-19)8-14(21)18-11-17/h14-16H,2-13H2,1H3,(H,20,23);13-15H,2-12H2,1H3,(H,19,22);13-15H,2-12H2,1H3,(H,19,22);12-14H,2-11H2,1H3,(H,18,21);12-14H,2-11H2,1H3,(H,18,21);12-13,15H,2-11H2,1H3,(H,18,21). The number of nitrogens with one attached hydrogen (secondary N) is 6. The Morgan fingerprint density at radius 3 is 1.01 bits per heavy atom. The van der Waals surface area contributed by atoms with Gasteiger partial charge in [-0.25, -0.2) is 38.4 Å². The van der Waals surface area contributed by atoms with Crippen LogP contribution in [-0.4, -0.2) is 412 Å². The first-order valence-corrected chi connectivity index (χ1v) is 56.5.